The minimum atomic E-state index is -0.254. The Labute approximate surface area is 109 Å². The number of methoxy groups -OCH3 is 1. The van der Waals surface area contributed by atoms with Crippen LogP contribution in [0.1, 0.15) is 12.0 Å². The third-order valence-electron chi connectivity index (χ3n) is 2.86. The van der Waals surface area contributed by atoms with Crippen LogP contribution >= 0.6 is 15.9 Å². The van der Waals surface area contributed by atoms with Gasteiger partial charge in [0.15, 0.2) is 0 Å². The van der Waals surface area contributed by atoms with Gasteiger partial charge in [0.25, 0.3) is 0 Å². The first-order chi connectivity index (χ1) is 8.20. The minimum absolute atomic E-state index is 0.254. The molecule has 17 heavy (non-hydrogen) atoms. The third kappa shape index (κ3) is 2.88. The van der Waals surface area contributed by atoms with E-state index in [4.69, 9.17) is 4.74 Å². The molecule has 0 fully saturated rings. The smallest absolute Gasteiger partial charge is 0.409 e. The average molecular weight is 296 g/mol. The zero-order valence-corrected chi connectivity index (χ0v) is 11.2. The van der Waals surface area contributed by atoms with Crippen molar-refractivity contribution < 1.29 is 9.53 Å². The lowest BCUT2D eigenvalue weighted by atomic mass is 10.00. The van der Waals surface area contributed by atoms with Crippen molar-refractivity contribution in [1.82, 2.24) is 4.90 Å². The Morgan fingerprint density at radius 3 is 2.59 bits per heavy atom. The van der Waals surface area contributed by atoms with E-state index in [2.05, 4.69) is 34.1 Å². The van der Waals surface area contributed by atoms with E-state index >= 15 is 0 Å². The van der Waals surface area contributed by atoms with Gasteiger partial charge in [0.05, 0.1) is 7.11 Å². The highest BCUT2D eigenvalue weighted by Gasteiger charge is 2.17. The van der Waals surface area contributed by atoms with Gasteiger partial charge in [0.2, 0.25) is 0 Å². The molecule has 0 bridgehead atoms. The Balaban J connectivity index is 2.08. The SMILES string of the molecule is COC(=O)N1CC=C(c2ccc(Br)cc2)CC1. The van der Waals surface area contributed by atoms with Crippen LogP contribution < -0.4 is 0 Å². The summed E-state index contributed by atoms with van der Waals surface area (Å²) in [5.41, 5.74) is 2.51. The summed E-state index contributed by atoms with van der Waals surface area (Å²) in [6, 6.07) is 8.24. The number of hydrogen-bond donors (Lipinski definition) is 0. The second kappa shape index (κ2) is 5.36. The molecule has 4 heteroatoms. The van der Waals surface area contributed by atoms with Gasteiger partial charge in [-0.3, -0.25) is 0 Å². The first-order valence-corrected chi connectivity index (χ1v) is 6.28. The predicted molar refractivity (Wildman–Crippen MR) is 70.7 cm³/mol. The largest absolute Gasteiger partial charge is 0.453 e. The standard InChI is InChI=1S/C13H14BrNO2/c1-17-13(16)15-8-6-11(7-9-15)10-2-4-12(14)5-3-10/h2-6H,7-9H2,1H3. The van der Waals surface area contributed by atoms with Gasteiger partial charge < -0.3 is 9.64 Å². The second-order valence-electron chi connectivity index (χ2n) is 3.90. The fourth-order valence-electron chi connectivity index (χ4n) is 1.89. The fraction of sp³-hybridized carbons (Fsp3) is 0.308. The number of rotatable bonds is 1. The van der Waals surface area contributed by atoms with Gasteiger partial charge in [-0.05, 0) is 29.7 Å². The number of halogens is 1. The maximum absolute atomic E-state index is 11.3. The third-order valence-corrected chi connectivity index (χ3v) is 3.39. The first kappa shape index (κ1) is 12.2. The number of amides is 1. The Morgan fingerprint density at radius 2 is 2.06 bits per heavy atom. The molecule has 1 aromatic rings. The van der Waals surface area contributed by atoms with E-state index in [0.717, 1.165) is 10.9 Å². The fourth-order valence-corrected chi connectivity index (χ4v) is 2.15. The van der Waals surface area contributed by atoms with Crippen molar-refractivity contribution in [2.24, 2.45) is 0 Å². The Bertz CT molecular complexity index is 439. The molecule has 1 aliphatic heterocycles. The van der Waals surface area contributed by atoms with Gasteiger partial charge in [-0.15, -0.1) is 0 Å². The van der Waals surface area contributed by atoms with E-state index in [1.165, 1.54) is 18.2 Å². The lowest BCUT2D eigenvalue weighted by molar-refractivity contribution is 0.128. The van der Waals surface area contributed by atoms with Gasteiger partial charge in [-0.2, -0.15) is 0 Å². The molecule has 90 valence electrons. The van der Waals surface area contributed by atoms with Crippen LogP contribution in [0.15, 0.2) is 34.8 Å². The van der Waals surface area contributed by atoms with E-state index < -0.39 is 0 Å². The Kier molecular flexibility index (Phi) is 3.84. The van der Waals surface area contributed by atoms with Crippen LogP contribution in [-0.4, -0.2) is 31.2 Å². The summed E-state index contributed by atoms with van der Waals surface area (Å²) in [5.74, 6) is 0. The monoisotopic (exact) mass is 295 g/mol. The van der Waals surface area contributed by atoms with E-state index in [9.17, 15) is 4.79 Å². The topological polar surface area (TPSA) is 29.5 Å². The lowest BCUT2D eigenvalue weighted by Gasteiger charge is -2.25. The Morgan fingerprint density at radius 1 is 1.35 bits per heavy atom. The van der Waals surface area contributed by atoms with E-state index in [0.29, 0.717) is 13.1 Å². The molecule has 0 saturated heterocycles. The van der Waals surface area contributed by atoms with Crippen molar-refractivity contribution in [2.75, 3.05) is 20.2 Å². The van der Waals surface area contributed by atoms with Crippen molar-refractivity contribution in [3.63, 3.8) is 0 Å². The summed E-state index contributed by atoms with van der Waals surface area (Å²) < 4.78 is 5.78. The van der Waals surface area contributed by atoms with Crippen molar-refractivity contribution in [3.8, 4) is 0 Å². The van der Waals surface area contributed by atoms with Gasteiger partial charge in [0, 0.05) is 17.6 Å². The quantitative estimate of drug-likeness (QED) is 0.795. The number of nitrogens with zero attached hydrogens (tertiary/aromatic N) is 1. The average Bonchev–Trinajstić information content (AvgIpc) is 2.39. The normalized spacial score (nSPS) is 15.4. The van der Waals surface area contributed by atoms with E-state index in [1.54, 1.807) is 4.90 Å². The van der Waals surface area contributed by atoms with Gasteiger partial charge in [0.1, 0.15) is 0 Å². The molecule has 1 aliphatic rings. The molecular formula is C13H14BrNO2. The molecule has 0 aromatic heterocycles. The molecule has 1 amide bonds. The molecule has 0 N–H and O–H groups in total. The highest BCUT2D eigenvalue weighted by molar-refractivity contribution is 9.10. The zero-order chi connectivity index (χ0) is 12.3. The summed E-state index contributed by atoms with van der Waals surface area (Å²) >= 11 is 3.42. The van der Waals surface area contributed by atoms with Crippen molar-refractivity contribution in [3.05, 3.63) is 40.4 Å². The zero-order valence-electron chi connectivity index (χ0n) is 9.65. The molecule has 1 heterocycles. The van der Waals surface area contributed by atoms with Gasteiger partial charge in [-0.25, -0.2) is 4.79 Å². The molecule has 0 saturated carbocycles. The molecule has 0 spiro atoms. The van der Waals surface area contributed by atoms with Crippen molar-refractivity contribution in [2.45, 2.75) is 6.42 Å². The number of hydrogen-bond acceptors (Lipinski definition) is 2. The van der Waals surface area contributed by atoms with Crippen LogP contribution in [0.3, 0.4) is 0 Å². The highest BCUT2D eigenvalue weighted by atomic mass is 79.9. The number of carbonyl (C=O) groups is 1. The summed E-state index contributed by atoms with van der Waals surface area (Å²) in [5, 5.41) is 0. The summed E-state index contributed by atoms with van der Waals surface area (Å²) in [6.45, 7) is 1.34. The Hall–Kier alpha value is -1.29. The predicted octanol–water partition coefficient (Wildman–Crippen LogP) is 3.30. The molecule has 2 rings (SSSR count). The summed E-state index contributed by atoms with van der Waals surface area (Å²) in [4.78, 5) is 13.0. The summed E-state index contributed by atoms with van der Waals surface area (Å²) in [7, 11) is 1.41. The van der Waals surface area contributed by atoms with Crippen LogP contribution in [0.4, 0.5) is 4.79 Å². The van der Waals surface area contributed by atoms with Crippen LogP contribution in [-0.2, 0) is 4.74 Å². The molecule has 0 radical (unpaired) electrons. The van der Waals surface area contributed by atoms with Gasteiger partial charge >= 0.3 is 6.09 Å². The van der Waals surface area contributed by atoms with Crippen molar-refractivity contribution in [1.29, 1.82) is 0 Å². The second-order valence-corrected chi connectivity index (χ2v) is 4.82. The van der Waals surface area contributed by atoms with Gasteiger partial charge in [-0.1, -0.05) is 34.1 Å². The van der Waals surface area contributed by atoms with Crippen LogP contribution in [0, 0.1) is 0 Å². The molecular weight excluding hydrogens is 282 g/mol. The summed E-state index contributed by atoms with van der Waals surface area (Å²) in [6.07, 6.45) is 2.71. The molecule has 0 atom stereocenters. The van der Waals surface area contributed by atoms with Crippen LogP contribution in [0.2, 0.25) is 0 Å². The van der Waals surface area contributed by atoms with E-state index in [-0.39, 0.29) is 6.09 Å². The van der Waals surface area contributed by atoms with Crippen molar-refractivity contribution >= 4 is 27.6 Å². The molecule has 0 aliphatic carbocycles. The van der Waals surface area contributed by atoms with Crippen LogP contribution in [0.5, 0.6) is 0 Å². The first-order valence-electron chi connectivity index (χ1n) is 5.48. The maximum Gasteiger partial charge on any atom is 0.409 e. The van der Waals surface area contributed by atoms with E-state index in [1.807, 2.05) is 12.1 Å². The maximum atomic E-state index is 11.3. The lowest BCUT2D eigenvalue weighted by Crippen LogP contribution is -2.34. The number of carbonyl (C=O) groups excluding carboxylic acids is 1. The highest BCUT2D eigenvalue weighted by Crippen LogP contribution is 2.23. The molecule has 0 unspecified atom stereocenters. The molecule has 1 aromatic carbocycles. The number of benzene rings is 1. The molecule has 3 nitrogen and oxygen atoms in total. The number of ether oxygens (including phenoxy) is 1. The van der Waals surface area contributed by atoms with Crippen LogP contribution in [0.25, 0.3) is 5.57 Å². The minimum Gasteiger partial charge on any atom is -0.453 e.